The molecule has 0 radical (unpaired) electrons. The van der Waals surface area contributed by atoms with E-state index in [2.05, 4.69) is 0 Å². The van der Waals surface area contributed by atoms with Crippen molar-refractivity contribution in [3.05, 3.63) is 29.8 Å². The highest BCUT2D eigenvalue weighted by molar-refractivity contribution is 7.85. The van der Waals surface area contributed by atoms with Crippen molar-refractivity contribution in [2.45, 2.75) is 6.42 Å². The van der Waals surface area contributed by atoms with Gasteiger partial charge in [0.15, 0.2) is 0 Å². The van der Waals surface area contributed by atoms with Gasteiger partial charge in [-0.2, -0.15) is 8.42 Å². The van der Waals surface area contributed by atoms with Gasteiger partial charge in [-0.15, -0.1) is 0 Å². The van der Waals surface area contributed by atoms with E-state index < -0.39 is 10.1 Å². The molecule has 0 unspecified atom stereocenters. The molecule has 0 heterocycles. The number of nitrogens with two attached hydrogens (primary N) is 1. The van der Waals surface area contributed by atoms with Crippen LogP contribution >= 0.6 is 0 Å². The maximum atomic E-state index is 10.4. The molecule has 0 bridgehead atoms. The maximum Gasteiger partial charge on any atom is 0.265 e. The molecule has 0 atom stereocenters. The van der Waals surface area contributed by atoms with Crippen molar-refractivity contribution in [1.29, 1.82) is 0 Å². The molecule has 0 saturated carbocycles. The fraction of sp³-hybridized carbons (Fsp3) is 0.250. The monoisotopic (exact) mass is 201 g/mol. The van der Waals surface area contributed by atoms with E-state index in [-0.39, 0.29) is 12.2 Å². The first kappa shape index (κ1) is 10.0. The van der Waals surface area contributed by atoms with Gasteiger partial charge in [-0.25, -0.2) is 0 Å². The predicted molar refractivity (Wildman–Crippen MR) is 51.0 cm³/mol. The fourth-order valence-electron chi connectivity index (χ4n) is 1.00. The lowest BCUT2D eigenvalue weighted by Crippen LogP contribution is -2.07. The highest BCUT2D eigenvalue weighted by Crippen LogP contribution is 2.11. The SMILES string of the molecule is Nc1ccccc1CCS(=O)(=O)O. The highest BCUT2D eigenvalue weighted by Gasteiger charge is 2.06. The van der Waals surface area contributed by atoms with Crippen LogP contribution in [0.1, 0.15) is 5.56 Å². The molecule has 0 aliphatic rings. The lowest BCUT2D eigenvalue weighted by Gasteiger charge is -2.02. The van der Waals surface area contributed by atoms with Crippen molar-refractivity contribution >= 4 is 15.8 Å². The molecule has 0 aliphatic carbocycles. The summed E-state index contributed by atoms with van der Waals surface area (Å²) in [7, 11) is -3.89. The quantitative estimate of drug-likeness (QED) is 0.557. The van der Waals surface area contributed by atoms with Crippen molar-refractivity contribution in [1.82, 2.24) is 0 Å². The Morgan fingerprint density at radius 3 is 2.46 bits per heavy atom. The number of benzene rings is 1. The molecule has 3 N–H and O–H groups in total. The van der Waals surface area contributed by atoms with Crippen LogP contribution in [0.4, 0.5) is 5.69 Å². The number of aryl methyl sites for hydroxylation is 1. The number of para-hydroxylation sites is 1. The molecule has 0 amide bonds. The molecular weight excluding hydrogens is 190 g/mol. The minimum Gasteiger partial charge on any atom is -0.399 e. The second kappa shape index (κ2) is 3.76. The summed E-state index contributed by atoms with van der Waals surface area (Å²) in [5.41, 5.74) is 6.86. The van der Waals surface area contributed by atoms with E-state index in [1.54, 1.807) is 24.3 Å². The normalized spacial score (nSPS) is 11.5. The van der Waals surface area contributed by atoms with Crippen molar-refractivity contribution in [2.75, 3.05) is 11.5 Å². The van der Waals surface area contributed by atoms with Crippen LogP contribution in [0.5, 0.6) is 0 Å². The first-order valence-corrected chi connectivity index (χ1v) is 5.38. The Hall–Kier alpha value is -1.07. The Morgan fingerprint density at radius 1 is 1.31 bits per heavy atom. The Bertz CT molecular complexity index is 386. The number of rotatable bonds is 3. The van der Waals surface area contributed by atoms with Gasteiger partial charge in [0.25, 0.3) is 10.1 Å². The van der Waals surface area contributed by atoms with Crippen LogP contribution in [0.2, 0.25) is 0 Å². The van der Waals surface area contributed by atoms with Crippen LogP contribution in [-0.4, -0.2) is 18.7 Å². The third-order valence-electron chi connectivity index (χ3n) is 1.68. The zero-order valence-electron chi connectivity index (χ0n) is 6.97. The summed E-state index contributed by atoms with van der Waals surface area (Å²) in [4.78, 5) is 0. The van der Waals surface area contributed by atoms with E-state index in [0.717, 1.165) is 5.56 Å². The summed E-state index contributed by atoms with van der Waals surface area (Å²) in [6.07, 6.45) is 0.242. The summed E-state index contributed by atoms with van der Waals surface area (Å²) in [5.74, 6) is -0.290. The Morgan fingerprint density at radius 2 is 1.92 bits per heavy atom. The van der Waals surface area contributed by atoms with Crippen LogP contribution in [0, 0.1) is 0 Å². The first-order chi connectivity index (χ1) is 5.99. The van der Waals surface area contributed by atoms with Gasteiger partial charge in [0.2, 0.25) is 0 Å². The Kier molecular flexibility index (Phi) is 2.90. The lowest BCUT2D eigenvalue weighted by molar-refractivity contribution is 0.483. The van der Waals surface area contributed by atoms with E-state index in [9.17, 15) is 8.42 Å². The number of hydrogen-bond donors (Lipinski definition) is 2. The fourth-order valence-corrected chi connectivity index (χ4v) is 1.48. The smallest absolute Gasteiger partial charge is 0.265 e. The summed E-state index contributed by atoms with van der Waals surface area (Å²) in [6, 6.07) is 6.97. The van der Waals surface area contributed by atoms with Crippen LogP contribution in [0.25, 0.3) is 0 Å². The van der Waals surface area contributed by atoms with E-state index in [0.29, 0.717) is 5.69 Å². The van der Waals surface area contributed by atoms with Crippen molar-refractivity contribution < 1.29 is 13.0 Å². The average molecular weight is 201 g/mol. The molecule has 72 valence electrons. The molecule has 0 fully saturated rings. The van der Waals surface area contributed by atoms with E-state index >= 15 is 0 Å². The molecular formula is C8H11NO3S. The van der Waals surface area contributed by atoms with Crippen LogP contribution in [0.15, 0.2) is 24.3 Å². The lowest BCUT2D eigenvalue weighted by atomic mass is 10.1. The maximum absolute atomic E-state index is 10.4. The van der Waals surface area contributed by atoms with E-state index in [4.69, 9.17) is 10.3 Å². The van der Waals surface area contributed by atoms with Crippen molar-refractivity contribution in [3.63, 3.8) is 0 Å². The Balaban J connectivity index is 2.71. The minimum atomic E-state index is -3.89. The topological polar surface area (TPSA) is 80.4 Å². The summed E-state index contributed by atoms with van der Waals surface area (Å²) >= 11 is 0. The molecule has 0 aliphatic heterocycles. The van der Waals surface area contributed by atoms with Crippen molar-refractivity contribution in [2.24, 2.45) is 0 Å². The standard InChI is InChI=1S/C8H11NO3S/c9-8-4-2-1-3-7(8)5-6-13(10,11)12/h1-4H,5-6,9H2,(H,10,11,12). The van der Waals surface area contributed by atoms with Gasteiger partial charge >= 0.3 is 0 Å². The molecule has 1 rings (SSSR count). The number of anilines is 1. The van der Waals surface area contributed by atoms with E-state index in [1.165, 1.54) is 0 Å². The van der Waals surface area contributed by atoms with Gasteiger partial charge in [-0.1, -0.05) is 18.2 Å². The molecule has 1 aromatic carbocycles. The first-order valence-electron chi connectivity index (χ1n) is 3.77. The average Bonchev–Trinajstić information content (AvgIpc) is 2.01. The highest BCUT2D eigenvalue weighted by atomic mass is 32.2. The van der Waals surface area contributed by atoms with Gasteiger partial charge in [0.05, 0.1) is 5.75 Å². The van der Waals surface area contributed by atoms with Gasteiger partial charge in [-0.05, 0) is 18.1 Å². The molecule has 1 aromatic rings. The van der Waals surface area contributed by atoms with Crippen LogP contribution < -0.4 is 5.73 Å². The van der Waals surface area contributed by atoms with Crippen LogP contribution in [-0.2, 0) is 16.5 Å². The molecule has 0 aromatic heterocycles. The summed E-state index contributed by atoms with van der Waals surface area (Å²) in [5, 5.41) is 0. The Labute approximate surface area is 77.1 Å². The summed E-state index contributed by atoms with van der Waals surface area (Å²) in [6.45, 7) is 0. The second-order valence-corrected chi connectivity index (χ2v) is 4.31. The molecule has 4 nitrogen and oxygen atoms in total. The largest absolute Gasteiger partial charge is 0.399 e. The molecule has 0 spiro atoms. The van der Waals surface area contributed by atoms with Gasteiger partial charge < -0.3 is 5.73 Å². The summed E-state index contributed by atoms with van der Waals surface area (Å²) < 4.78 is 29.4. The second-order valence-electron chi connectivity index (χ2n) is 2.73. The molecule has 5 heteroatoms. The number of nitrogen functional groups attached to an aromatic ring is 1. The molecule has 13 heavy (non-hydrogen) atoms. The minimum absolute atomic E-state index is 0.242. The predicted octanol–water partition coefficient (Wildman–Crippen LogP) is 0.699. The molecule has 0 saturated heterocycles. The van der Waals surface area contributed by atoms with Gasteiger partial charge in [0, 0.05) is 5.69 Å². The third kappa shape index (κ3) is 3.43. The van der Waals surface area contributed by atoms with Crippen molar-refractivity contribution in [3.8, 4) is 0 Å². The zero-order chi connectivity index (χ0) is 9.90. The zero-order valence-corrected chi connectivity index (χ0v) is 7.79. The van der Waals surface area contributed by atoms with Gasteiger partial charge in [-0.3, -0.25) is 4.55 Å². The van der Waals surface area contributed by atoms with Gasteiger partial charge in [0.1, 0.15) is 0 Å². The van der Waals surface area contributed by atoms with Crippen LogP contribution in [0.3, 0.4) is 0 Å². The third-order valence-corrected chi connectivity index (χ3v) is 2.40. The van der Waals surface area contributed by atoms with E-state index in [1.807, 2.05) is 0 Å². The number of hydrogen-bond acceptors (Lipinski definition) is 3.